The van der Waals surface area contributed by atoms with Gasteiger partial charge in [0, 0.05) is 6.54 Å². The minimum Gasteiger partial charge on any atom is -0.410 e. The van der Waals surface area contributed by atoms with E-state index in [2.05, 4.69) is 41.2 Å². The van der Waals surface area contributed by atoms with Crippen LogP contribution in [0.5, 0.6) is 0 Å². The fourth-order valence-corrected chi connectivity index (χ4v) is 1.23. The van der Waals surface area contributed by atoms with E-state index in [4.69, 9.17) is 0 Å². The predicted molar refractivity (Wildman–Crippen MR) is 39.9 cm³/mol. The van der Waals surface area contributed by atoms with Gasteiger partial charge < -0.3 is 4.81 Å². The summed E-state index contributed by atoms with van der Waals surface area (Å²) in [6, 6.07) is 0. The molecule has 0 aromatic rings. The van der Waals surface area contributed by atoms with Crippen LogP contribution in [0.15, 0.2) is 36.4 Å². The summed E-state index contributed by atoms with van der Waals surface area (Å²) in [7, 11) is 0. The van der Waals surface area contributed by atoms with Crippen molar-refractivity contribution in [1.82, 2.24) is 4.81 Å². The van der Waals surface area contributed by atoms with Crippen molar-refractivity contribution in [3.8, 4) is 0 Å². The van der Waals surface area contributed by atoms with Gasteiger partial charge in [0.05, 0.1) is 0 Å². The Bertz CT molecular complexity index is 193. The van der Waals surface area contributed by atoms with Crippen LogP contribution in [0.4, 0.5) is 0 Å². The Labute approximate surface area is 55.5 Å². The Balaban J connectivity index is 2.25. The smallest absolute Gasteiger partial charge is 0.307 e. The zero-order valence-corrected chi connectivity index (χ0v) is 5.20. The van der Waals surface area contributed by atoms with Gasteiger partial charge in [-0.2, -0.15) is 0 Å². The molecular weight excluding hydrogens is 109 g/mol. The maximum atomic E-state index is 2.29. The summed E-state index contributed by atoms with van der Waals surface area (Å²) < 4.78 is 0. The molecule has 0 unspecified atom stereocenters. The summed E-state index contributed by atoms with van der Waals surface area (Å²) in [5.41, 5.74) is 0. The van der Waals surface area contributed by atoms with Crippen molar-refractivity contribution in [3.63, 3.8) is 0 Å². The number of nitrogens with zero attached hydrogens (tertiary/aromatic N) is 1. The molecule has 0 aromatic heterocycles. The van der Waals surface area contributed by atoms with Gasteiger partial charge in [0.1, 0.15) is 0 Å². The molecule has 0 spiro atoms. The van der Waals surface area contributed by atoms with E-state index in [1.165, 1.54) is 0 Å². The Hall–Kier alpha value is -0.915. The van der Waals surface area contributed by atoms with Gasteiger partial charge in [0.15, 0.2) is 0 Å². The lowest BCUT2D eigenvalue weighted by Gasteiger charge is -2.18. The second-order valence-corrected chi connectivity index (χ2v) is 2.34. The minimum absolute atomic E-state index is 0.551. The molecule has 44 valence electrons. The maximum absolute atomic E-state index is 2.29. The third-order valence-corrected chi connectivity index (χ3v) is 1.73. The van der Waals surface area contributed by atoms with E-state index in [1.54, 1.807) is 0 Å². The van der Waals surface area contributed by atoms with Crippen LogP contribution in [0, 0.1) is 0 Å². The first-order valence-corrected chi connectivity index (χ1v) is 3.24. The zero-order chi connectivity index (χ0) is 6.10. The fraction of sp³-hybridized carbons (Fsp3) is 0.143. The summed E-state index contributed by atoms with van der Waals surface area (Å²) in [4.78, 5) is 2.29. The van der Waals surface area contributed by atoms with Gasteiger partial charge in [-0.1, -0.05) is 24.1 Å². The molecular formula is C7H8BN. The Morgan fingerprint density at radius 2 is 2.22 bits per heavy atom. The summed E-state index contributed by atoms with van der Waals surface area (Å²) in [6.07, 6.45) is 8.50. The molecule has 0 bridgehead atoms. The Morgan fingerprint density at radius 1 is 1.22 bits per heavy atom. The highest BCUT2D eigenvalue weighted by Crippen LogP contribution is 2.10. The molecule has 0 saturated carbocycles. The second-order valence-electron chi connectivity index (χ2n) is 2.34. The van der Waals surface area contributed by atoms with Crippen molar-refractivity contribution in [2.75, 3.05) is 6.54 Å². The molecule has 0 atom stereocenters. The van der Waals surface area contributed by atoms with Crippen molar-refractivity contribution in [1.29, 1.82) is 0 Å². The number of allylic oxidation sites excluding steroid dienone is 2. The van der Waals surface area contributed by atoms with Crippen molar-refractivity contribution < 1.29 is 0 Å². The van der Waals surface area contributed by atoms with E-state index >= 15 is 0 Å². The summed E-state index contributed by atoms with van der Waals surface area (Å²) in [5.74, 6) is 4.42. The maximum Gasteiger partial charge on any atom is 0.307 e. The highest BCUT2D eigenvalue weighted by Gasteiger charge is 2.18. The van der Waals surface area contributed by atoms with E-state index in [-0.39, 0.29) is 0 Å². The molecule has 2 heteroatoms. The second kappa shape index (κ2) is 1.80. The van der Waals surface area contributed by atoms with Crippen LogP contribution in [0.3, 0.4) is 0 Å². The standard InChI is InChI=1S/C7H8BN/c1-2-6-9-7-3-5-8(9)4-1/h1-6H,7H2. The average Bonchev–Trinajstić information content (AvgIpc) is 2.33. The number of hydrogen-bond acceptors (Lipinski definition) is 1. The highest BCUT2D eigenvalue weighted by molar-refractivity contribution is 6.68. The number of fused-ring (bicyclic) bond motifs is 1. The van der Waals surface area contributed by atoms with Gasteiger partial charge in [-0.15, -0.1) is 0 Å². The first-order valence-electron chi connectivity index (χ1n) is 3.24. The molecule has 2 aliphatic rings. The van der Waals surface area contributed by atoms with Gasteiger partial charge >= 0.3 is 6.85 Å². The van der Waals surface area contributed by atoms with E-state index < -0.39 is 0 Å². The van der Waals surface area contributed by atoms with Crippen molar-refractivity contribution in [2.45, 2.75) is 0 Å². The lowest BCUT2D eigenvalue weighted by atomic mass is 9.61. The van der Waals surface area contributed by atoms with Crippen LogP contribution in [-0.2, 0) is 0 Å². The number of rotatable bonds is 0. The van der Waals surface area contributed by atoms with Crippen molar-refractivity contribution in [2.24, 2.45) is 0 Å². The third-order valence-electron chi connectivity index (χ3n) is 1.73. The minimum atomic E-state index is 0.551. The van der Waals surface area contributed by atoms with Gasteiger partial charge in [-0.05, 0) is 12.3 Å². The molecule has 0 radical (unpaired) electrons. The largest absolute Gasteiger partial charge is 0.410 e. The van der Waals surface area contributed by atoms with Crippen LogP contribution in [0.25, 0.3) is 0 Å². The predicted octanol–water partition coefficient (Wildman–Crippen LogP) is 1.01. The van der Waals surface area contributed by atoms with E-state index in [1.807, 2.05) is 0 Å². The third kappa shape index (κ3) is 0.708. The van der Waals surface area contributed by atoms with Crippen LogP contribution in [-0.4, -0.2) is 18.2 Å². The lowest BCUT2D eigenvalue weighted by molar-refractivity contribution is 0.667. The quantitative estimate of drug-likeness (QED) is 0.428. The molecule has 2 heterocycles. The summed E-state index contributed by atoms with van der Waals surface area (Å²) in [5, 5.41) is 0. The summed E-state index contributed by atoms with van der Waals surface area (Å²) >= 11 is 0. The molecule has 0 saturated heterocycles. The molecule has 2 rings (SSSR count). The monoisotopic (exact) mass is 117 g/mol. The molecule has 0 N–H and O–H groups in total. The van der Waals surface area contributed by atoms with E-state index in [0.717, 1.165) is 6.54 Å². The van der Waals surface area contributed by atoms with Gasteiger partial charge in [0.2, 0.25) is 0 Å². The van der Waals surface area contributed by atoms with E-state index in [0.29, 0.717) is 6.85 Å². The van der Waals surface area contributed by atoms with E-state index in [9.17, 15) is 0 Å². The normalized spacial score (nSPS) is 21.3. The van der Waals surface area contributed by atoms with Gasteiger partial charge in [0.25, 0.3) is 0 Å². The Kier molecular flexibility index (Phi) is 0.981. The van der Waals surface area contributed by atoms with Crippen LogP contribution >= 0.6 is 0 Å². The number of hydrogen-bond donors (Lipinski definition) is 0. The average molecular weight is 117 g/mol. The van der Waals surface area contributed by atoms with Crippen LogP contribution in [0.1, 0.15) is 0 Å². The fourth-order valence-electron chi connectivity index (χ4n) is 1.23. The molecule has 0 aromatic carbocycles. The first kappa shape index (κ1) is 4.92. The van der Waals surface area contributed by atoms with Crippen molar-refractivity contribution in [3.05, 3.63) is 36.4 Å². The lowest BCUT2D eigenvalue weighted by Crippen LogP contribution is -2.28. The molecule has 0 aliphatic carbocycles. The molecule has 0 fully saturated rings. The zero-order valence-electron chi connectivity index (χ0n) is 5.20. The highest BCUT2D eigenvalue weighted by atomic mass is 15.0. The first-order chi connectivity index (χ1) is 4.47. The van der Waals surface area contributed by atoms with Gasteiger partial charge in [-0.25, -0.2) is 0 Å². The summed E-state index contributed by atoms with van der Waals surface area (Å²) in [6.45, 7) is 1.63. The van der Waals surface area contributed by atoms with Gasteiger partial charge in [-0.3, -0.25) is 0 Å². The SMILES string of the molecule is C1=CB2C=CCN2C=C1. The van der Waals surface area contributed by atoms with Crippen LogP contribution in [0.2, 0.25) is 0 Å². The Morgan fingerprint density at radius 3 is 3.11 bits per heavy atom. The van der Waals surface area contributed by atoms with Crippen LogP contribution < -0.4 is 0 Å². The van der Waals surface area contributed by atoms with Crippen molar-refractivity contribution >= 4 is 6.85 Å². The molecule has 2 aliphatic heterocycles. The molecule has 0 amide bonds. The molecule has 1 nitrogen and oxygen atoms in total. The topological polar surface area (TPSA) is 3.24 Å². The molecule has 9 heavy (non-hydrogen) atoms.